The van der Waals surface area contributed by atoms with E-state index in [1.807, 2.05) is 41.8 Å². The molecule has 0 radical (unpaired) electrons. The molecule has 0 spiro atoms. The number of benzene rings is 2. The average Bonchev–Trinajstić information content (AvgIpc) is 3.09. The molecule has 2 heterocycles. The summed E-state index contributed by atoms with van der Waals surface area (Å²) in [5.74, 6) is 1.43. The van der Waals surface area contributed by atoms with E-state index in [1.54, 1.807) is 6.33 Å². The fourth-order valence-electron chi connectivity index (χ4n) is 2.72. The first-order valence-electron chi connectivity index (χ1n) is 7.32. The molecule has 4 aromatic rings. The molecule has 0 aliphatic heterocycles. The van der Waals surface area contributed by atoms with Gasteiger partial charge in [0.1, 0.15) is 12.1 Å². The van der Waals surface area contributed by atoms with E-state index in [0.29, 0.717) is 5.78 Å². The maximum absolute atomic E-state index is 4.68. The van der Waals surface area contributed by atoms with Crippen LogP contribution < -0.4 is 4.90 Å². The average molecular weight is 301 g/mol. The molecular weight excluding hydrogens is 286 g/mol. The molecule has 0 fully saturated rings. The van der Waals surface area contributed by atoms with Crippen LogP contribution in [0.3, 0.4) is 0 Å². The molecular formula is C18H15N5. The van der Waals surface area contributed by atoms with Crippen LogP contribution in [0.15, 0.2) is 61.4 Å². The van der Waals surface area contributed by atoms with Gasteiger partial charge in [-0.25, -0.2) is 0 Å². The second kappa shape index (κ2) is 5.21. The first kappa shape index (κ1) is 13.5. The molecule has 0 bridgehead atoms. The molecule has 4 rings (SSSR count). The summed E-state index contributed by atoms with van der Waals surface area (Å²) in [6, 6.07) is 16.3. The van der Waals surface area contributed by atoms with Crippen molar-refractivity contribution in [2.24, 2.45) is 0 Å². The van der Waals surface area contributed by atoms with E-state index in [2.05, 4.69) is 50.9 Å². The van der Waals surface area contributed by atoms with E-state index in [-0.39, 0.29) is 0 Å². The Bertz CT molecular complexity index is 1000. The maximum atomic E-state index is 4.68. The number of hydrogen-bond donors (Lipinski definition) is 0. The van der Waals surface area contributed by atoms with Crippen molar-refractivity contribution in [3.63, 3.8) is 0 Å². The van der Waals surface area contributed by atoms with Crippen molar-refractivity contribution in [1.82, 2.24) is 19.6 Å². The number of hydrogen-bond acceptors (Lipinski definition) is 4. The first-order valence-corrected chi connectivity index (χ1v) is 7.32. The van der Waals surface area contributed by atoms with Gasteiger partial charge in [-0.05, 0) is 29.8 Å². The highest BCUT2D eigenvalue weighted by atomic mass is 15.3. The zero-order chi connectivity index (χ0) is 15.8. The van der Waals surface area contributed by atoms with Crippen molar-refractivity contribution >= 4 is 34.3 Å². The van der Waals surface area contributed by atoms with Crippen LogP contribution in [0.5, 0.6) is 0 Å². The van der Waals surface area contributed by atoms with Gasteiger partial charge in [-0.1, -0.05) is 36.9 Å². The Kier molecular flexibility index (Phi) is 3.05. The molecule has 112 valence electrons. The summed E-state index contributed by atoms with van der Waals surface area (Å²) in [5.41, 5.74) is 3.13. The van der Waals surface area contributed by atoms with Crippen LogP contribution >= 0.6 is 0 Å². The molecule has 0 aliphatic rings. The van der Waals surface area contributed by atoms with Gasteiger partial charge in [-0.3, -0.25) is 4.40 Å². The van der Waals surface area contributed by atoms with Crippen LogP contribution in [0.1, 0.15) is 5.56 Å². The van der Waals surface area contributed by atoms with Crippen LogP contribution in [0.25, 0.3) is 22.8 Å². The minimum Gasteiger partial charge on any atom is -0.329 e. The quantitative estimate of drug-likeness (QED) is 0.579. The van der Waals surface area contributed by atoms with Crippen molar-refractivity contribution in [1.29, 1.82) is 0 Å². The Labute approximate surface area is 133 Å². The van der Waals surface area contributed by atoms with Crippen LogP contribution in [0, 0.1) is 0 Å². The van der Waals surface area contributed by atoms with Crippen LogP contribution in [-0.2, 0) is 0 Å². The molecule has 2 aromatic heterocycles. The standard InChI is InChI=1S/C18H15N5/c1-3-13-9-10-15-16(11-13)23-12-19-21-18(23)20-17(15)22(2)14-7-5-4-6-8-14/h3-12H,1H2,2H3. The van der Waals surface area contributed by atoms with Crippen molar-refractivity contribution in [2.75, 3.05) is 11.9 Å². The minimum atomic E-state index is 0.580. The third-order valence-electron chi connectivity index (χ3n) is 3.95. The zero-order valence-corrected chi connectivity index (χ0v) is 12.7. The smallest absolute Gasteiger partial charge is 0.257 e. The monoisotopic (exact) mass is 301 g/mol. The van der Waals surface area contributed by atoms with Crippen molar-refractivity contribution < 1.29 is 0 Å². The Morgan fingerprint density at radius 1 is 1.13 bits per heavy atom. The topological polar surface area (TPSA) is 46.3 Å². The molecule has 0 unspecified atom stereocenters. The number of nitrogens with zero attached hydrogens (tertiary/aromatic N) is 5. The van der Waals surface area contributed by atoms with Crippen molar-refractivity contribution in [2.45, 2.75) is 0 Å². The second-order valence-electron chi connectivity index (χ2n) is 5.31. The van der Waals surface area contributed by atoms with Gasteiger partial charge < -0.3 is 4.90 Å². The molecule has 5 heteroatoms. The zero-order valence-electron chi connectivity index (χ0n) is 12.7. The van der Waals surface area contributed by atoms with Gasteiger partial charge >= 0.3 is 0 Å². The largest absolute Gasteiger partial charge is 0.329 e. The molecule has 0 saturated heterocycles. The summed E-state index contributed by atoms with van der Waals surface area (Å²) in [6.07, 6.45) is 3.51. The van der Waals surface area contributed by atoms with Crippen molar-refractivity contribution in [3.05, 3.63) is 67.0 Å². The Hall–Kier alpha value is -3.21. The van der Waals surface area contributed by atoms with Crippen LogP contribution in [0.2, 0.25) is 0 Å². The highest BCUT2D eigenvalue weighted by molar-refractivity contribution is 5.94. The first-order chi connectivity index (χ1) is 11.3. The van der Waals surface area contributed by atoms with E-state index >= 15 is 0 Å². The van der Waals surface area contributed by atoms with Gasteiger partial charge in [0.15, 0.2) is 0 Å². The summed E-state index contributed by atoms with van der Waals surface area (Å²) in [7, 11) is 2.01. The highest BCUT2D eigenvalue weighted by Gasteiger charge is 2.14. The highest BCUT2D eigenvalue weighted by Crippen LogP contribution is 2.30. The minimum absolute atomic E-state index is 0.580. The summed E-state index contributed by atoms with van der Waals surface area (Å²) < 4.78 is 1.89. The summed E-state index contributed by atoms with van der Waals surface area (Å²) in [6.45, 7) is 3.84. The molecule has 0 aliphatic carbocycles. The van der Waals surface area contributed by atoms with Gasteiger partial charge in [0.25, 0.3) is 5.78 Å². The molecule has 5 nitrogen and oxygen atoms in total. The predicted molar refractivity (Wildman–Crippen MR) is 92.9 cm³/mol. The Morgan fingerprint density at radius 3 is 2.74 bits per heavy atom. The third-order valence-corrected chi connectivity index (χ3v) is 3.95. The van der Waals surface area contributed by atoms with Crippen molar-refractivity contribution in [3.8, 4) is 0 Å². The molecule has 0 amide bonds. The van der Waals surface area contributed by atoms with Crippen LogP contribution in [0.4, 0.5) is 11.5 Å². The van der Waals surface area contributed by atoms with E-state index in [0.717, 1.165) is 28.0 Å². The van der Waals surface area contributed by atoms with Gasteiger partial charge in [-0.2, -0.15) is 4.98 Å². The fraction of sp³-hybridized carbons (Fsp3) is 0.0556. The van der Waals surface area contributed by atoms with E-state index in [4.69, 9.17) is 0 Å². The number of para-hydroxylation sites is 1. The lowest BCUT2D eigenvalue weighted by Gasteiger charge is -2.20. The van der Waals surface area contributed by atoms with Gasteiger partial charge in [0.2, 0.25) is 0 Å². The Morgan fingerprint density at radius 2 is 1.96 bits per heavy atom. The lowest BCUT2D eigenvalue weighted by Crippen LogP contribution is -2.12. The molecule has 0 N–H and O–H groups in total. The lowest BCUT2D eigenvalue weighted by molar-refractivity contribution is 1.08. The normalized spacial score (nSPS) is 11.0. The summed E-state index contributed by atoms with van der Waals surface area (Å²) in [4.78, 5) is 6.74. The van der Waals surface area contributed by atoms with Gasteiger partial charge in [-0.15, -0.1) is 10.2 Å². The number of fused-ring (bicyclic) bond motifs is 3. The number of rotatable bonds is 3. The summed E-state index contributed by atoms with van der Waals surface area (Å²) in [5, 5.41) is 9.13. The van der Waals surface area contributed by atoms with Gasteiger partial charge in [0, 0.05) is 18.1 Å². The Balaban J connectivity index is 2.03. The van der Waals surface area contributed by atoms with Gasteiger partial charge in [0.05, 0.1) is 5.52 Å². The number of aromatic nitrogens is 4. The van der Waals surface area contributed by atoms with Crippen LogP contribution in [-0.4, -0.2) is 26.6 Å². The third kappa shape index (κ3) is 2.14. The van der Waals surface area contributed by atoms with E-state index in [1.165, 1.54) is 0 Å². The molecule has 0 atom stereocenters. The summed E-state index contributed by atoms with van der Waals surface area (Å²) >= 11 is 0. The van der Waals surface area contributed by atoms with E-state index in [9.17, 15) is 0 Å². The molecule has 0 saturated carbocycles. The second-order valence-corrected chi connectivity index (χ2v) is 5.31. The fourth-order valence-corrected chi connectivity index (χ4v) is 2.72. The van der Waals surface area contributed by atoms with E-state index < -0.39 is 0 Å². The lowest BCUT2D eigenvalue weighted by atomic mass is 10.1. The SMILES string of the molecule is C=Cc1ccc2c(N(C)c3ccccc3)nc3nncn3c2c1. The molecule has 23 heavy (non-hydrogen) atoms. The molecule has 2 aromatic carbocycles. The maximum Gasteiger partial charge on any atom is 0.257 e. The number of anilines is 2. The predicted octanol–water partition coefficient (Wildman–Crippen LogP) is 3.69.